The molecule has 31 heavy (non-hydrogen) atoms. The van der Waals surface area contributed by atoms with Crippen molar-refractivity contribution in [3.8, 4) is 5.75 Å². The van der Waals surface area contributed by atoms with Crippen molar-refractivity contribution in [1.82, 2.24) is 4.90 Å². The van der Waals surface area contributed by atoms with Crippen LogP contribution in [-0.2, 0) is 19.1 Å². The first kappa shape index (κ1) is 21.8. The molecule has 2 saturated heterocycles. The number of ether oxygens (including phenoxy) is 2. The third-order valence-corrected chi connectivity index (χ3v) is 7.33. The number of likely N-dealkylation sites (tertiary alicyclic amines) is 1. The molecule has 2 aliphatic heterocycles. The first-order chi connectivity index (χ1) is 14.5. The lowest BCUT2D eigenvalue weighted by atomic mass is 9.62. The van der Waals surface area contributed by atoms with Gasteiger partial charge in [0.25, 0.3) is 0 Å². The Balaban J connectivity index is 1.75. The maximum Gasteiger partial charge on any atom is 0.423 e. The summed E-state index contributed by atoms with van der Waals surface area (Å²) in [6.45, 7) is 7.49. The van der Waals surface area contributed by atoms with Crippen molar-refractivity contribution in [3.63, 3.8) is 0 Å². The fourth-order valence-corrected chi connectivity index (χ4v) is 5.82. The minimum atomic E-state index is -1.60. The minimum absolute atomic E-state index is 0.00873. The topological polar surface area (TPSA) is 113 Å². The Hall–Kier alpha value is -2.45. The average Bonchev–Trinajstić information content (AvgIpc) is 3.18. The SMILES string of the molecule is COC(=O)N1C(=O)[C@H]2[C@H](C[C@H](C(C)C)[C@@]3(O)O[C@H](c4cc(C)c(O)c(C)c4)C[C@@H]23)C1=O. The maximum atomic E-state index is 13.1. The van der Waals surface area contributed by atoms with E-state index in [2.05, 4.69) is 4.74 Å². The van der Waals surface area contributed by atoms with Gasteiger partial charge in [0.2, 0.25) is 11.8 Å². The maximum absolute atomic E-state index is 13.1. The second-order valence-corrected chi connectivity index (χ2v) is 9.40. The first-order valence-corrected chi connectivity index (χ1v) is 10.7. The van der Waals surface area contributed by atoms with Crippen LogP contribution < -0.4 is 0 Å². The highest BCUT2D eigenvalue weighted by atomic mass is 16.6. The highest BCUT2D eigenvalue weighted by Gasteiger charge is 2.68. The van der Waals surface area contributed by atoms with Crippen LogP contribution in [0.1, 0.15) is 49.5 Å². The molecule has 0 radical (unpaired) electrons. The molecule has 8 nitrogen and oxygen atoms in total. The van der Waals surface area contributed by atoms with E-state index in [1.54, 1.807) is 13.8 Å². The number of nitrogens with zero attached hydrogens (tertiary/aromatic N) is 1. The number of fused-ring (bicyclic) bond motifs is 3. The number of carbonyl (C=O) groups excluding carboxylic acids is 3. The highest BCUT2D eigenvalue weighted by Crippen LogP contribution is 2.59. The van der Waals surface area contributed by atoms with E-state index in [0.29, 0.717) is 22.4 Å². The monoisotopic (exact) mass is 431 g/mol. The normalized spacial score (nSPS) is 34.8. The summed E-state index contributed by atoms with van der Waals surface area (Å²) in [4.78, 5) is 38.7. The van der Waals surface area contributed by atoms with E-state index >= 15 is 0 Å². The van der Waals surface area contributed by atoms with Crippen LogP contribution >= 0.6 is 0 Å². The molecule has 1 aromatic carbocycles. The summed E-state index contributed by atoms with van der Waals surface area (Å²) in [5, 5.41) is 21.8. The number of aryl methyl sites for hydroxylation is 2. The molecule has 2 N–H and O–H groups in total. The summed E-state index contributed by atoms with van der Waals surface area (Å²) in [5.41, 5.74) is 2.20. The van der Waals surface area contributed by atoms with Crippen LogP contribution in [0.15, 0.2) is 12.1 Å². The van der Waals surface area contributed by atoms with Crippen molar-refractivity contribution in [2.45, 2.75) is 52.4 Å². The molecule has 1 saturated carbocycles. The number of rotatable bonds is 2. The molecule has 1 aliphatic carbocycles. The van der Waals surface area contributed by atoms with Gasteiger partial charge in [-0.25, -0.2) is 4.79 Å². The number of methoxy groups -OCH3 is 1. The van der Waals surface area contributed by atoms with Gasteiger partial charge in [-0.2, -0.15) is 4.90 Å². The predicted molar refractivity (Wildman–Crippen MR) is 109 cm³/mol. The van der Waals surface area contributed by atoms with E-state index in [1.807, 2.05) is 26.0 Å². The van der Waals surface area contributed by atoms with Gasteiger partial charge in [-0.1, -0.05) is 13.8 Å². The largest absolute Gasteiger partial charge is 0.507 e. The van der Waals surface area contributed by atoms with E-state index in [0.717, 1.165) is 12.7 Å². The van der Waals surface area contributed by atoms with Crippen LogP contribution in [-0.4, -0.2) is 45.9 Å². The Kier molecular flexibility index (Phi) is 5.13. The van der Waals surface area contributed by atoms with Crippen LogP contribution in [0, 0.1) is 43.4 Å². The zero-order chi connectivity index (χ0) is 22.8. The standard InChI is InChI=1S/C23H29NO7/c1-10(2)15-8-14-18(21(27)24(20(14)26)22(28)30-5)16-9-17(31-23(15,16)29)13-6-11(3)19(25)12(4)7-13/h6-7,10,14-18,25,29H,8-9H2,1-5H3/t14-,15+,16-,17-,18-,23+/m0/s1. The fourth-order valence-electron chi connectivity index (χ4n) is 5.82. The number of carbonyl (C=O) groups is 3. The number of hydrogen-bond donors (Lipinski definition) is 2. The van der Waals surface area contributed by atoms with Crippen LogP contribution in [0.2, 0.25) is 0 Å². The zero-order valence-corrected chi connectivity index (χ0v) is 18.4. The van der Waals surface area contributed by atoms with Crippen molar-refractivity contribution < 1.29 is 34.1 Å². The van der Waals surface area contributed by atoms with Gasteiger partial charge in [0.1, 0.15) is 5.75 Å². The highest BCUT2D eigenvalue weighted by molar-refractivity contribution is 6.15. The molecule has 168 valence electrons. The van der Waals surface area contributed by atoms with E-state index in [9.17, 15) is 24.6 Å². The Labute approximate surface area is 181 Å². The number of phenolic OH excluding ortho intramolecular Hbond substituents is 1. The van der Waals surface area contributed by atoms with Gasteiger partial charge in [-0.3, -0.25) is 9.59 Å². The molecular formula is C23H29NO7. The number of amides is 3. The first-order valence-electron chi connectivity index (χ1n) is 10.7. The number of imide groups is 3. The second kappa shape index (κ2) is 7.31. The van der Waals surface area contributed by atoms with Crippen LogP contribution in [0.25, 0.3) is 0 Å². The molecule has 0 aromatic heterocycles. The quantitative estimate of drug-likeness (QED) is 0.692. The summed E-state index contributed by atoms with van der Waals surface area (Å²) in [6, 6.07) is 3.63. The van der Waals surface area contributed by atoms with E-state index in [4.69, 9.17) is 4.74 Å². The Bertz CT molecular complexity index is 934. The van der Waals surface area contributed by atoms with Gasteiger partial charge in [-0.15, -0.1) is 0 Å². The Morgan fingerprint density at radius 1 is 1.19 bits per heavy atom. The van der Waals surface area contributed by atoms with E-state index in [-0.39, 0.29) is 24.0 Å². The van der Waals surface area contributed by atoms with Gasteiger partial charge >= 0.3 is 6.09 Å². The van der Waals surface area contributed by atoms with Crippen molar-refractivity contribution in [3.05, 3.63) is 28.8 Å². The molecule has 3 amide bonds. The number of hydrogen-bond acceptors (Lipinski definition) is 7. The molecule has 0 bridgehead atoms. The lowest BCUT2D eigenvalue weighted by Crippen LogP contribution is -2.55. The summed E-state index contributed by atoms with van der Waals surface area (Å²) >= 11 is 0. The Morgan fingerprint density at radius 3 is 2.35 bits per heavy atom. The molecular weight excluding hydrogens is 402 g/mol. The molecule has 2 heterocycles. The van der Waals surface area contributed by atoms with Crippen molar-refractivity contribution >= 4 is 17.9 Å². The molecule has 8 heteroatoms. The predicted octanol–water partition coefficient (Wildman–Crippen LogP) is 2.82. The fraction of sp³-hybridized carbons (Fsp3) is 0.609. The zero-order valence-electron chi connectivity index (χ0n) is 18.4. The molecule has 3 aliphatic rings. The smallest absolute Gasteiger partial charge is 0.423 e. The molecule has 1 aromatic rings. The molecule has 4 rings (SSSR count). The van der Waals surface area contributed by atoms with Gasteiger partial charge in [0.15, 0.2) is 5.79 Å². The van der Waals surface area contributed by atoms with Crippen LogP contribution in [0.5, 0.6) is 5.75 Å². The van der Waals surface area contributed by atoms with Crippen molar-refractivity contribution in [2.75, 3.05) is 7.11 Å². The summed E-state index contributed by atoms with van der Waals surface area (Å²) in [7, 11) is 1.13. The minimum Gasteiger partial charge on any atom is -0.507 e. The number of benzene rings is 1. The number of aromatic hydroxyl groups is 1. The van der Waals surface area contributed by atoms with Crippen LogP contribution in [0.4, 0.5) is 4.79 Å². The number of phenols is 1. The second-order valence-electron chi connectivity index (χ2n) is 9.40. The average molecular weight is 431 g/mol. The Morgan fingerprint density at radius 2 is 1.81 bits per heavy atom. The third-order valence-electron chi connectivity index (χ3n) is 7.33. The summed E-state index contributed by atoms with van der Waals surface area (Å²) in [5.74, 6) is -5.12. The summed E-state index contributed by atoms with van der Waals surface area (Å²) in [6.07, 6.45) is -0.899. The van der Waals surface area contributed by atoms with Gasteiger partial charge in [0, 0.05) is 11.8 Å². The molecule has 6 atom stereocenters. The van der Waals surface area contributed by atoms with Crippen molar-refractivity contribution in [2.24, 2.45) is 29.6 Å². The lowest BCUT2D eigenvalue weighted by molar-refractivity contribution is -0.276. The third kappa shape index (κ3) is 3.07. The molecule has 0 spiro atoms. The van der Waals surface area contributed by atoms with Crippen LogP contribution in [0.3, 0.4) is 0 Å². The summed E-state index contributed by atoms with van der Waals surface area (Å²) < 4.78 is 10.9. The lowest BCUT2D eigenvalue weighted by Gasteiger charge is -2.46. The van der Waals surface area contributed by atoms with Gasteiger partial charge in [0.05, 0.1) is 25.0 Å². The van der Waals surface area contributed by atoms with Crippen molar-refractivity contribution in [1.29, 1.82) is 0 Å². The molecule has 3 fully saturated rings. The van der Waals surface area contributed by atoms with E-state index in [1.165, 1.54) is 0 Å². The molecule has 0 unspecified atom stereocenters. The number of aliphatic hydroxyl groups is 1. The van der Waals surface area contributed by atoms with Gasteiger partial charge < -0.3 is 19.7 Å². The van der Waals surface area contributed by atoms with E-state index < -0.39 is 47.6 Å². The van der Waals surface area contributed by atoms with Gasteiger partial charge in [-0.05, 0) is 61.4 Å².